The summed E-state index contributed by atoms with van der Waals surface area (Å²) in [6.45, 7) is 4.41. The number of anilines is 2. The predicted molar refractivity (Wildman–Crippen MR) is 137 cm³/mol. The van der Waals surface area contributed by atoms with Crippen molar-refractivity contribution < 1.29 is 23.8 Å². The molecule has 1 heterocycles. The van der Waals surface area contributed by atoms with Crippen LogP contribution in [0, 0.1) is 6.92 Å². The highest BCUT2D eigenvalue weighted by molar-refractivity contribution is 8.04. The normalized spacial score (nSPS) is 13.3. The number of ether oxygens (including phenoxy) is 3. The molecule has 3 aromatic rings. The minimum absolute atomic E-state index is 0.168. The maximum Gasteiger partial charge on any atom is 0.283 e. The molecule has 0 aromatic heterocycles. The van der Waals surface area contributed by atoms with Gasteiger partial charge in [0.1, 0.15) is 27.9 Å². The molecule has 4 rings (SSSR count). The van der Waals surface area contributed by atoms with Crippen LogP contribution in [-0.4, -0.2) is 32.6 Å². The molecule has 0 radical (unpaired) electrons. The summed E-state index contributed by atoms with van der Waals surface area (Å²) in [5.41, 5.74) is 2.24. The molecule has 35 heavy (non-hydrogen) atoms. The van der Waals surface area contributed by atoms with Gasteiger partial charge in [-0.1, -0.05) is 29.5 Å². The van der Waals surface area contributed by atoms with Crippen LogP contribution in [0.1, 0.15) is 12.5 Å². The Bertz CT molecular complexity index is 1270. The largest absolute Gasteiger partial charge is 0.497 e. The molecule has 0 unspecified atom stereocenters. The summed E-state index contributed by atoms with van der Waals surface area (Å²) in [5, 5.41) is 3.15. The highest BCUT2D eigenvalue weighted by Crippen LogP contribution is 2.40. The van der Waals surface area contributed by atoms with Crippen molar-refractivity contribution >= 4 is 35.0 Å². The molecule has 0 fully saturated rings. The van der Waals surface area contributed by atoms with E-state index in [9.17, 15) is 9.59 Å². The number of hydrogen-bond acceptors (Lipinski definition) is 7. The average Bonchev–Trinajstić information content (AvgIpc) is 3.10. The number of thioether (sulfide) groups is 1. The topological polar surface area (TPSA) is 77.1 Å². The van der Waals surface area contributed by atoms with E-state index >= 15 is 0 Å². The van der Waals surface area contributed by atoms with E-state index in [1.807, 2.05) is 38.1 Å². The van der Waals surface area contributed by atoms with Gasteiger partial charge in [-0.3, -0.25) is 9.59 Å². The second-order valence-electron chi connectivity index (χ2n) is 7.68. The fraction of sp³-hybridized carbons (Fsp3) is 0.185. The summed E-state index contributed by atoms with van der Waals surface area (Å²) in [5.74, 6) is 0.893. The second-order valence-corrected chi connectivity index (χ2v) is 8.77. The first-order valence-electron chi connectivity index (χ1n) is 11.0. The van der Waals surface area contributed by atoms with E-state index in [1.54, 1.807) is 49.6 Å². The zero-order chi connectivity index (χ0) is 24.9. The Morgan fingerprint density at radius 2 is 1.54 bits per heavy atom. The number of imide groups is 1. The third-order valence-corrected chi connectivity index (χ3v) is 6.45. The van der Waals surface area contributed by atoms with E-state index in [-0.39, 0.29) is 10.6 Å². The first-order valence-corrected chi connectivity index (χ1v) is 11.9. The Balaban J connectivity index is 1.75. The molecule has 1 aliphatic heterocycles. The van der Waals surface area contributed by atoms with Gasteiger partial charge in [-0.15, -0.1) is 0 Å². The van der Waals surface area contributed by atoms with Gasteiger partial charge < -0.3 is 19.5 Å². The molecule has 0 atom stereocenters. The van der Waals surface area contributed by atoms with E-state index in [0.717, 1.165) is 10.5 Å². The fourth-order valence-corrected chi connectivity index (χ4v) is 4.50. The highest BCUT2D eigenvalue weighted by Gasteiger charge is 2.40. The van der Waals surface area contributed by atoms with Crippen molar-refractivity contribution in [1.82, 2.24) is 0 Å². The number of benzene rings is 3. The minimum Gasteiger partial charge on any atom is -0.497 e. The number of carbonyl (C=O) groups excluding carboxylic acids is 2. The molecule has 180 valence electrons. The van der Waals surface area contributed by atoms with E-state index in [1.165, 1.54) is 23.8 Å². The third-order valence-electron chi connectivity index (χ3n) is 5.35. The lowest BCUT2D eigenvalue weighted by molar-refractivity contribution is -0.120. The number of hydrogen-bond donors (Lipinski definition) is 1. The Morgan fingerprint density at radius 1 is 0.857 bits per heavy atom. The lowest BCUT2D eigenvalue weighted by Crippen LogP contribution is -2.32. The molecule has 8 heteroatoms. The number of methoxy groups -OCH3 is 2. The maximum absolute atomic E-state index is 13.6. The van der Waals surface area contributed by atoms with E-state index < -0.39 is 11.8 Å². The van der Waals surface area contributed by atoms with Crippen LogP contribution in [-0.2, 0) is 9.59 Å². The van der Waals surface area contributed by atoms with Crippen molar-refractivity contribution in [3.8, 4) is 17.2 Å². The molecule has 1 aliphatic rings. The Morgan fingerprint density at radius 3 is 2.17 bits per heavy atom. The monoisotopic (exact) mass is 490 g/mol. The summed E-state index contributed by atoms with van der Waals surface area (Å²) in [6, 6.07) is 19.9. The van der Waals surface area contributed by atoms with Crippen molar-refractivity contribution in [1.29, 1.82) is 0 Å². The number of amides is 2. The van der Waals surface area contributed by atoms with Crippen LogP contribution in [0.15, 0.2) is 82.2 Å². The van der Waals surface area contributed by atoms with Gasteiger partial charge in [0.15, 0.2) is 0 Å². The third kappa shape index (κ3) is 5.12. The van der Waals surface area contributed by atoms with Crippen LogP contribution in [0.3, 0.4) is 0 Å². The van der Waals surface area contributed by atoms with Crippen LogP contribution in [0.25, 0.3) is 0 Å². The zero-order valence-corrected chi connectivity index (χ0v) is 20.8. The van der Waals surface area contributed by atoms with Gasteiger partial charge >= 0.3 is 0 Å². The molecular weight excluding hydrogens is 464 g/mol. The van der Waals surface area contributed by atoms with Gasteiger partial charge in [-0.05, 0) is 62.4 Å². The van der Waals surface area contributed by atoms with Gasteiger partial charge in [0.25, 0.3) is 11.8 Å². The molecule has 0 spiro atoms. The molecule has 7 nitrogen and oxygen atoms in total. The number of nitrogens with one attached hydrogen (secondary N) is 1. The molecule has 1 N–H and O–H groups in total. The fourth-order valence-electron chi connectivity index (χ4n) is 3.58. The molecule has 0 saturated heterocycles. The lowest BCUT2D eigenvalue weighted by Gasteiger charge is -2.16. The summed E-state index contributed by atoms with van der Waals surface area (Å²) in [6.07, 6.45) is 0. The molecule has 3 aromatic carbocycles. The SMILES string of the molecule is CCOc1ccc(N2C(=O)C(Nc3cc(OC)ccc3OC)=C(Sc3ccc(C)cc3)C2=O)cc1. The van der Waals surface area contributed by atoms with Gasteiger partial charge in [0, 0.05) is 11.0 Å². The molecule has 0 saturated carbocycles. The highest BCUT2D eigenvalue weighted by atomic mass is 32.2. The van der Waals surface area contributed by atoms with Crippen molar-refractivity contribution in [2.24, 2.45) is 0 Å². The first-order chi connectivity index (χ1) is 16.9. The lowest BCUT2D eigenvalue weighted by atomic mass is 10.2. The number of aryl methyl sites for hydroxylation is 1. The zero-order valence-electron chi connectivity index (χ0n) is 20.0. The Hall–Kier alpha value is -3.91. The van der Waals surface area contributed by atoms with Crippen LogP contribution >= 0.6 is 11.8 Å². The smallest absolute Gasteiger partial charge is 0.283 e. The van der Waals surface area contributed by atoms with Gasteiger partial charge in [-0.2, -0.15) is 0 Å². The van der Waals surface area contributed by atoms with E-state index in [4.69, 9.17) is 14.2 Å². The standard InChI is InChI=1S/C27H26N2O5S/c1-5-34-19-10-8-18(9-11-19)29-26(30)24(28-22-16-20(32-3)12-15-23(22)33-4)25(27(29)31)35-21-13-6-17(2)7-14-21/h6-16,28H,5H2,1-4H3. The average molecular weight is 491 g/mol. The van der Waals surface area contributed by atoms with Gasteiger partial charge in [0.05, 0.1) is 32.2 Å². The summed E-state index contributed by atoms with van der Waals surface area (Å²) in [4.78, 5) is 29.5. The number of nitrogens with zero attached hydrogens (tertiary/aromatic N) is 1. The first kappa shape index (κ1) is 24.2. The predicted octanol–water partition coefficient (Wildman–Crippen LogP) is 5.40. The quantitative estimate of drug-likeness (QED) is 0.403. The number of carbonyl (C=O) groups is 2. The minimum atomic E-state index is -0.460. The van der Waals surface area contributed by atoms with Crippen molar-refractivity contribution in [3.63, 3.8) is 0 Å². The van der Waals surface area contributed by atoms with Gasteiger partial charge in [-0.25, -0.2) is 4.90 Å². The molecule has 0 aliphatic carbocycles. The Labute approximate surface area is 208 Å². The van der Waals surface area contributed by atoms with Crippen molar-refractivity contribution in [2.75, 3.05) is 31.0 Å². The number of rotatable bonds is 9. The van der Waals surface area contributed by atoms with Crippen molar-refractivity contribution in [3.05, 3.63) is 82.9 Å². The van der Waals surface area contributed by atoms with Crippen LogP contribution < -0.4 is 24.4 Å². The summed E-state index contributed by atoms with van der Waals surface area (Å²) >= 11 is 1.24. The second kappa shape index (κ2) is 10.6. The summed E-state index contributed by atoms with van der Waals surface area (Å²) in [7, 11) is 3.10. The Kier molecular flexibility index (Phi) is 7.31. The van der Waals surface area contributed by atoms with Crippen LogP contribution in [0.2, 0.25) is 0 Å². The van der Waals surface area contributed by atoms with Crippen LogP contribution in [0.4, 0.5) is 11.4 Å². The van der Waals surface area contributed by atoms with Crippen LogP contribution in [0.5, 0.6) is 17.2 Å². The summed E-state index contributed by atoms with van der Waals surface area (Å²) < 4.78 is 16.3. The molecule has 2 amide bonds. The van der Waals surface area contributed by atoms with E-state index in [2.05, 4.69) is 5.32 Å². The maximum atomic E-state index is 13.6. The van der Waals surface area contributed by atoms with E-state index in [0.29, 0.717) is 35.2 Å². The van der Waals surface area contributed by atoms with Gasteiger partial charge in [0.2, 0.25) is 0 Å². The molecule has 0 bridgehead atoms. The van der Waals surface area contributed by atoms with Crippen molar-refractivity contribution in [2.45, 2.75) is 18.7 Å². The molecular formula is C27H26N2O5S.